The van der Waals surface area contributed by atoms with Gasteiger partial charge < -0.3 is 10.1 Å². The van der Waals surface area contributed by atoms with Crippen LogP contribution in [0.3, 0.4) is 0 Å². The summed E-state index contributed by atoms with van der Waals surface area (Å²) in [7, 11) is 3.64. The highest BCUT2D eigenvalue weighted by atomic mass is 79.9. The largest absolute Gasteiger partial charge is 0.383 e. The maximum atomic E-state index is 5.15. The number of aromatic nitrogens is 3. The third-order valence-corrected chi connectivity index (χ3v) is 3.89. The lowest BCUT2D eigenvalue weighted by molar-refractivity contribution is 0.182. The maximum absolute atomic E-state index is 5.15. The monoisotopic (exact) mass is 338 g/mol. The summed E-state index contributed by atoms with van der Waals surface area (Å²) in [5.74, 6) is 0. The number of hydrogen-bond acceptors (Lipinski definition) is 4. The summed E-state index contributed by atoms with van der Waals surface area (Å²) in [6, 6.07) is 2.10. The SMILES string of the molecule is CNC(c1ccncc1C)c1c(Br)cnn1CCOC. The zero-order chi connectivity index (χ0) is 14.5. The van der Waals surface area contributed by atoms with Crippen molar-refractivity contribution in [3.63, 3.8) is 0 Å². The maximum Gasteiger partial charge on any atom is 0.0761 e. The Morgan fingerprint density at radius 2 is 2.25 bits per heavy atom. The topological polar surface area (TPSA) is 52.0 Å². The smallest absolute Gasteiger partial charge is 0.0761 e. The predicted octanol–water partition coefficient (Wildman–Crippen LogP) is 2.30. The van der Waals surface area contributed by atoms with Crippen molar-refractivity contribution in [2.24, 2.45) is 0 Å². The third kappa shape index (κ3) is 3.08. The van der Waals surface area contributed by atoms with Crippen LogP contribution in [0.25, 0.3) is 0 Å². The number of methoxy groups -OCH3 is 1. The summed E-state index contributed by atoms with van der Waals surface area (Å²) in [6.07, 6.45) is 5.52. The van der Waals surface area contributed by atoms with Gasteiger partial charge in [0.15, 0.2) is 0 Å². The van der Waals surface area contributed by atoms with E-state index in [1.807, 2.05) is 36.4 Å². The van der Waals surface area contributed by atoms with Gasteiger partial charge in [0, 0.05) is 19.5 Å². The van der Waals surface area contributed by atoms with E-state index in [1.54, 1.807) is 7.11 Å². The second-order valence-electron chi connectivity index (χ2n) is 4.55. The minimum absolute atomic E-state index is 0.0618. The van der Waals surface area contributed by atoms with Crippen molar-refractivity contribution in [1.29, 1.82) is 0 Å². The minimum Gasteiger partial charge on any atom is -0.383 e. The standard InChI is InChI=1S/C14H19BrN4O/c1-10-8-17-5-4-11(10)13(16-2)14-12(15)9-18-19(14)6-7-20-3/h4-5,8-9,13,16H,6-7H2,1-3H3. The van der Waals surface area contributed by atoms with E-state index in [0.717, 1.165) is 22.3 Å². The first-order valence-corrected chi connectivity index (χ1v) is 7.26. The summed E-state index contributed by atoms with van der Waals surface area (Å²) in [5.41, 5.74) is 3.44. The van der Waals surface area contributed by atoms with Crippen LogP contribution in [0.1, 0.15) is 22.9 Å². The van der Waals surface area contributed by atoms with Crippen LogP contribution in [0, 0.1) is 6.92 Å². The van der Waals surface area contributed by atoms with Crippen LogP contribution in [0.15, 0.2) is 29.1 Å². The molecule has 0 saturated heterocycles. The molecule has 0 fully saturated rings. The van der Waals surface area contributed by atoms with Crippen LogP contribution < -0.4 is 5.32 Å². The molecule has 2 aromatic heterocycles. The van der Waals surface area contributed by atoms with E-state index in [9.17, 15) is 0 Å². The Morgan fingerprint density at radius 3 is 2.90 bits per heavy atom. The Kier molecular flexibility index (Phi) is 5.28. The number of hydrogen-bond donors (Lipinski definition) is 1. The van der Waals surface area contributed by atoms with Gasteiger partial charge in [-0.05, 0) is 47.1 Å². The molecule has 0 aromatic carbocycles. The zero-order valence-corrected chi connectivity index (χ0v) is 13.5. The Labute approximate surface area is 127 Å². The van der Waals surface area contributed by atoms with Crippen molar-refractivity contribution in [3.8, 4) is 0 Å². The molecule has 0 amide bonds. The fourth-order valence-electron chi connectivity index (χ4n) is 2.26. The molecule has 6 heteroatoms. The molecule has 0 saturated carbocycles. The van der Waals surface area contributed by atoms with Gasteiger partial charge in [-0.3, -0.25) is 9.67 Å². The molecule has 1 unspecified atom stereocenters. The van der Waals surface area contributed by atoms with Crippen LogP contribution in [-0.4, -0.2) is 35.5 Å². The number of nitrogens with zero attached hydrogens (tertiary/aromatic N) is 3. The Bertz CT molecular complexity index is 570. The molecule has 0 aliphatic heterocycles. The van der Waals surface area contributed by atoms with Gasteiger partial charge in [0.1, 0.15) is 0 Å². The Morgan fingerprint density at radius 1 is 1.45 bits per heavy atom. The predicted molar refractivity (Wildman–Crippen MR) is 81.7 cm³/mol. The van der Waals surface area contributed by atoms with Gasteiger partial charge >= 0.3 is 0 Å². The fraction of sp³-hybridized carbons (Fsp3) is 0.429. The molecule has 0 aliphatic rings. The van der Waals surface area contributed by atoms with Crippen LogP contribution in [0.4, 0.5) is 0 Å². The first-order chi connectivity index (χ1) is 9.69. The molecule has 2 heterocycles. The normalized spacial score (nSPS) is 12.6. The van der Waals surface area contributed by atoms with Gasteiger partial charge in [0.05, 0.1) is 35.6 Å². The minimum atomic E-state index is 0.0618. The molecule has 5 nitrogen and oxygen atoms in total. The highest BCUT2D eigenvalue weighted by Gasteiger charge is 2.21. The third-order valence-electron chi connectivity index (χ3n) is 3.28. The quantitative estimate of drug-likeness (QED) is 0.878. The lowest BCUT2D eigenvalue weighted by atomic mass is 10.0. The van der Waals surface area contributed by atoms with Gasteiger partial charge in [0.2, 0.25) is 0 Å². The van der Waals surface area contributed by atoms with E-state index in [0.29, 0.717) is 6.61 Å². The molecule has 0 spiro atoms. The van der Waals surface area contributed by atoms with Crippen molar-refractivity contribution in [1.82, 2.24) is 20.1 Å². The molecule has 2 aromatic rings. The lowest BCUT2D eigenvalue weighted by Gasteiger charge is -2.20. The number of rotatable bonds is 6. The van der Waals surface area contributed by atoms with Gasteiger partial charge in [0.25, 0.3) is 0 Å². The highest BCUT2D eigenvalue weighted by Crippen LogP contribution is 2.29. The van der Waals surface area contributed by atoms with E-state index in [2.05, 4.69) is 38.3 Å². The molecular weight excluding hydrogens is 320 g/mol. The van der Waals surface area contributed by atoms with Crippen LogP contribution in [0.5, 0.6) is 0 Å². The van der Waals surface area contributed by atoms with Gasteiger partial charge in [-0.25, -0.2) is 0 Å². The van der Waals surface area contributed by atoms with Gasteiger partial charge in [-0.2, -0.15) is 5.10 Å². The average molecular weight is 339 g/mol. The molecule has 20 heavy (non-hydrogen) atoms. The molecule has 1 N–H and O–H groups in total. The number of nitrogens with one attached hydrogen (secondary N) is 1. The Balaban J connectivity index is 2.42. The summed E-state index contributed by atoms with van der Waals surface area (Å²) in [4.78, 5) is 4.16. The number of halogens is 1. The first kappa shape index (κ1) is 15.2. The summed E-state index contributed by atoms with van der Waals surface area (Å²) in [6.45, 7) is 3.42. The summed E-state index contributed by atoms with van der Waals surface area (Å²) in [5, 5.41) is 7.77. The van der Waals surface area contributed by atoms with Crippen LogP contribution in [0.2, 0.25) is 0 Å². The van der Waals surface area contributed by atoms with E-state index in [1.165, 1.54) is 5.56 Å². The number of pyridine rings is 1. The molecule has 0 radical (unpaired) electrons. The van der Waals surface area contributed by atoms with Crippen molar-refractivity contribution in [2.75, 3.05) is 20.8 Å². The lowest BCUT2D eigenvalue weighted by Crippen LogP contribution is -2.23. The fourth-order valence-corrected chi connectivity index (χ4v) is 2.79. The van der Waals surface area contributed by atoms with Crippen molar-refractivity contribution in [2.45, 2.75) is 19.5 Å². The molecule has 108 valence electrons. The molecule has 0 aliphatic carbocycles. The number of ether oxygens (including phenoxy) is 1. The summed E-state index contributed by atoms with van der Waals surface area (Å²) < 4.78 is 8.10. The van der Waals surface area contributed by atoms with E-state index in [-0.39, 0.29) is 6.04 Å². The van der Waals surface area contributed by atoms with Crippen LogP contribution >= 0.6 is 15.9 Å². The van der Waals surface area contributed by atoms with Crippen molar-refractivity contribution in [3.05, 3.63) is 46.0 Å². The van der Waals surface area contributed by atoms with E-state index >= 15 is 0 Å². The molecular formula is C14H19BrN4O. The number of aryl methyl sites for hydroxylation is 1. The van der Waals surface area contributed by atoms with E-state index < -0.39 is 0 Å². The molecule has 1 atom stereocenters. The van der Waals surface area contributed by atoms with Gasteiger partial charge in [-0.1, -0.05) is 0 Å². The molecule has 2 rings (SSSR count). The Hall–Kier alpha value is -1.24. The van der Waals surface area contributed by atoms with Crippen LogP contribution in [-0.2, 0) is 11.3 Å². The van der Waals surface area contributed by atoms with Gasteiger partial charge in [-0.15, -0.1) is 0 Å². The molecule has 0 bridgehead atoms. The second-order valence-corrected chi connectivity index (χ2v) is 5.40. The zero-order valence-electron chi connectivity index (χ0n) is 11.9. The average Bonchev–Trinajstić information content (AvgIpc) is 2.81. The van der Waals surface area contributed by atoms with E-state index in [4.69, 9.17) is 4.74 Å². The first-order valence-electron chi connectivity index (χ1n) is 6.47. The summed E-state index contributed by atoms with van der Waals surface area (Å²) >= 11 is 3.59. The highest BCUT2D eigenvalue weighted by molar-refractivity contribution is 9.10. The second kappa shape index (κ2) is 6.97. The van der Waals surface area contributed by atoms with Crippen molar-refractivity contribution < 1.29 is 4.74 Å². The van der Waals surface area contributed by atoms with Crippen molar-refractivity contribution >= 4 is 15.9 Å².